The first-order valence-corrected chi connectivity index (χ1v) is 4.10. The molecule has 1 aromatic heterocycles. The summed E-state index contributed by atoms with van der Waals surface area (Å²) < 4.78 is 39.0. The van der Waals surface area contributed by atoms with E-state index in [1.54, 1.807) is 0 Å². The Hall–Kier alpha value is -1.91. The third kappa shape index (κ3) is 1.81. The van der Waals surface area contributed by atoms with Gasteiger partial charge in [-0.1, -0.05) is 0 Å². The molecular formula is C10H5F3N2. The lowest BCUT2D eigenvalue weighted by molar-refractivity contribution is 0.569. The first kappa shape index (κ1) is 9.64. The maximum absolute atomic E-state index is 13.2. The lowest BCUT2D eigenvalue weighted by atomic mass is 10.1. The summed E-state index contributed by atoms with van der Waals surface area (Å²) in [5, 5.41) is 0. The normalized spacial score (nSPS) is 10.3. The van der Waals surface area contributed by atoms with Gasteiger partial charge in [-0.25, -0.2) is 18.7 Å². The van der Waals surface area contributed by atoms with Crippen LogP contribution in [0.15, 0.2) is 30.6 Å². The standard InChI is InChI=1S/C10H5F3N2/c11-6-1-2-7(8(12)5-6)9-10(13)15-4-3-14-9/h1-5H. The van der Waals surface area contributed by atoms with Crippen LogP contribution in [0, 0.1) is 17.6 Å². The molecule has 2 nitrogen and oxygen atoms in total. The minimum atomic E-state index is -0.886. The van der Waals surface area contributed by atoms with Crippen LogP contribution in [0.2, 0.25) is 0 Å². The fourth-order valence-electron chi connectivity index (χ4n) is 1.18. The average Bonchev–Trinajstić information content (AvgIpc) is 2.20. The van der Waals surface area contributed by atoms with Crippen molar-refractivity contribution in [3.8, 4) is 11.3 Å². The van der Waals surface area contributed by atoms with Gasteiger partial charge < -0.3 is 0 Å². The molecule has 15 heavy (non-hydrogen) atoms. The summed E-state index contributed by atoms with van der Waals surface area (Å²) in [6.07, 6.45) is 2.39. The highest BCUT2D eigenvalue weighted by Crippen LogP contribution is 2.22. The summed E-state index contributed by atoms with van der Waals surface area (Å²) in [7, 11) is 0. The van der Waals surface area contributed by atoms with E-state index in [1.807, 2.05) is 0 Å². The van der Waals surface area contributed by atoms with Crippen LogP contribution in [0.5, 0.6) is 0 Å². The molecule has 0 spiro atoms. The Bertz CT molecular complexity index is 500. The number of hydrogen-bond donors (Lipinski definition) is 0. The van der Waals surface area contributed by atoms with Crippen LogP contribution in [-0.2, 0) is 0 Å². The van der Waals surface area contributed by atoms with Crippen LogP contribution in [0.4, 0.5) is 13.2 Å². The van der Waals surface area contributed by atoms with Gasteiger partial charge in [0.1, 0.15) is 17.3 Å². The largest absolute Gasteiger partial charge is 0.250 e. The molecule has 0 saturated heterocycles. The maximum atomic E-state index is 13.2. The summed E-state index contributed by atoms with van der Waals surface area (Å²) in [5.41, 5.74) is -0.336. The molecule has 0 bridgehead atoms. The van der Waals surface area contributed by atoms with E-state index in [0.29, 0.717) is 6.07 Å². The topological polar surface area (TPSA) is 25.8 Å². The van der Waals surface area contributed by atoms with E-state index in [0.717, 1.165) is 18.3 Å². The van der Waals surface area contributed by atoms with E-state index in [9.17, 15) is 13.2 Å². The molecule has 0 aliphatic carbocycles. The van der Waals surface area contributed by atoms with Gasteiger partial charge >= 0.3 is 0 Å². The molecule has 1 heterocycles. The summed E-state index contributed by atoms with van der Waals surface area (Å²) in [6, 6.07) is 2.83. The van der Waals surface area contributed by atoms with Crippen molar-refractivity contribution in [3.63, 3.8) is 0 Å². The Kier molecular flexibility index (Phi) is 2.37. The van der Waals surface area contributed by atoms with Gasteiger partial charge in [-0.3, -0.25) is 0 Å². The van der Waals surface area contributed by atoms with E-state index in [2.05, 4.69) is 9.97 Å². The van der Waals surface area contributed by atoms with Crippen molar-refractivity contribution in [1.29, 1.82) is 0 Å². The maximum Gasteiger partial charge on any atom is 0.239 e. The predicted molar refractivity (Wildman–Crippen MR) is 47.3 cm³/mol. The van der Waals surface area contributed by atoms with Crippen LogP contribution >= 0.6 is 0 Å². The zero-order valence-electron chi connectivity index (χ0n) is 7.42. The molecule has 0 unspecified atom stereocenters. The van der Waals surface area contributed by atoms with Crippen LogP contribution in [-0.4, -0.2) is 9.97 Å². The molecule has 5 heteroatoms. The SMILES string of the molecule is Fc1ccc(-c2nccnc2F)c(F)c1. The lowest BCUT2D eigenvalue weighted by Crippen LogP contribution is -1.95. The number of aromatic nitrogens is 2. The van der Waals surface area contributed by atoms with Gasteiger partial charge in [0.2, 0.25) is 5.95 Å². The molecule has 2 aromatic rings. The van der Waals surface area contributed by atoms with E-state index >= 15 is 0 Å². The molecule has 1 aromatic carbocycles. The minimum Gasteiger partial charge on any atom is -0.250 e. The van der Waals surface area contributed by atoms with Crippen molar-refractivity contribution in [3.05, 3.63) is 48.2 Å². The average molecular weight is 210 g/mol. The Morgan fingerprint density at radius 1 is 0.933 bits per heavy atom. The molecule has 0 amide bonds. The van der Waals surface area contributed by atoms with Crippen molar-refractivity contribution in [1.82, 2.24) is 9.97 Å². The smallest absolute Gasteiger partial charge is 0.239 e. The quantitative estimate of drug-likeness (QED) is 0.722. The molecule has 0 radical (unpaired) electrons. The number of nitrogens with zero attached hydrogens (tertiary/aromatic N) is 2. The number of halogens is 3. The monoisotopic (exact) mass is 210 g/mol. The zero-order chi connectivity index (χ0) is 10.8. The van der Waals surface area contributed by atoms with E-state index in [1.165, 1.54) is 6.20 Å². The van der Waals surface area contributed by atoms with Gasteiger partial charge in [0.25, 0.3) is 0 Å². The lowest BCUT2D eigenvalue weighted by Gasteiger charge is -2.02. The van der Waals surface area contributed by atoms with E-state index < -0.39 is 17.6 Å². The third-order valence-electron chi connectivity index (χ3n) is 1.84. The van der Waals surface area contributed by atoms with E-state index in [-0.39, 0.29) is 11.3 Å². The second-order valence-electron chi connectivity index (χ2n) is 2.82. The molecule has 0 aliphatic rings. The highest BCUT2D eigenvalue weighted by molar-refractivity contribution is 5.59. The zero-order valence-corrected chi connectivity index (χ0v) is 7.42. The second kappa shape index (κ2) is 3.68. The number of rotatable bonds is 1. The molecule has 0 N–H and O–H groups in total. The Labute approximate surface area is 83.4 Å². The molecule has 0 atom stereocenters. The Balaban J connectivity index is 2.60. The van der Waals surface area contributed by atoms with Crippen LogP contribution < -0.4 is 0 Å². The summed E-state index contributed by atoms with van der Waals surface area (Å²) in [6.45, 7) is 0. The summed E-state index contributed by atoms with van der Waals surface area (Å²) >= 11 is 0. The first-order chi connectivity index (χ1) is 7.18. The van der Waals surface area contributed by atoms with Gasteiger partial charge in [0, 0.05) is 24.0 Å². The summed E-state index contributed by atoms with van der Waals surface area (Å²) in [5.74, 6) is -2.47. The fraction of sp³-hybridized carbons (Fsp3) is 0. The van der Waals surface area contributed by atoms with Crippen LogP contribution in [0.1, 0.15) is 0 Å². The van der Waals surface area contributed by atoms with Crippen LogP contribution in [0.3, 0.4) is 0 Å². The highest BCUT2D eigenvalue weighted by Gasteiger charge is 2.12. The molecule has 0 saturated carbocycles. The Morgan fingerprint density at radius 2 is 1.67 bits per heavy atom. The Morgan fingerprint density at radius 3 is 2.33 bits per heavy atom. The minimum absolute atomic E-state index is 0.109. The third-order valence-corrected chi connectivity index (χ3v) is 1.84. The van der Waals surface area contributed by atoms with Gasteiger partial charge in [0.05, 0.1) is 0 Å². The van der Waals surface area contributed by atoms with Gasteiger partial charge in [0.15, 0.2) is 0 Å². The van der Waals surface area contributed by atoms with Gasteiger partial charge in [-0.15, -0.1) is 0 Å². The second-order valence-corrected chi connectivity index (χ2v) is 2.82. The van der Waals surface area contributed by atoms with Gasteiger partial charge in [-0.05, 0) is 12.1 Å². The molecule has 0 aliphatic heterocycles. The molecule has 0 fully saturated rings. The predicted octanol–water partition coefficient (Wildman–Crippen LogP) is 2.56. The highest BCUT2D eigenvalue weighted by atomic mass is 19.1. The molecule has 76 valence electrons. The summed E-state index contributed by atoms with van der Waals surface area (Å²) in [4.78, 5) is 6.97. The van der Waals surface area contributed by atoms with Crippen molar-refractivity contribution < 1.29 is 13.2 Å². The molecule has 2 rings (SSSR count). The molecular weight excluding hydrogens is 205 g/mol. The van der Waals surface area contributed by atoms with Crippen LogP contribution in [0.25, 0.3) is 11.3 Å². The van der Waals surface area contributed by atoms with Gasteiger partial charge in [-0.2, -0.15) is 4.39 Å². The van der Waals surface area contributed by atoms with Crippen molar-refractivity contribution >= 4 is 0 Å². The number of benzene rings is 1. The van der Waals surface area contributed by atoms with Crippen molar-refractivity contribution in [2.24, 2.45) is 0 Å². The van der Waals surface area contributed by atoms with Crippen molar-refractivity contribution in [2.75, 3.05) is 0 Å². The first-order valence-electron chi connectivity index (χ1n) is 4.10. The number of hydrogen-bond acceptors (Lipinski definition) is 2. The van der Waals surface area contributed by atoms with E-state index in [4.69, 9.17) is 0 Å². The van der Waals surface area contributed by atoms with Crippen molar-refractivity contribution in [2.45, 2.75) is 0 Å². The fourth-order valence-corrected chi connectivity index (χ4v) is 1.18.